The van der Waals surface area contributed by atoms with Gasteiger partial charge in [0, 0.05) is 5.56 Å². The molecule has 1 amide bonds. The van der Waals surface area contributed by atoms with Gasteiger partial charge < -0.3 is 4.74 Å². The van der Waals surface area contributed by atoms with Gasteiger partial charge in [-0.3, -0.25) is 10.2 Å². The van der Waals surface area contributed by atoms with Gasteiger partial charge in [-0.1, -0.05) is 72.3 Å². The second-order valence-corrected chi connectivity index (χ2v) is 8.99. The minimum Gasteiger partial charge on any atom is -0.486 e. The highest BCUT2D eigenvalue weighted by molar-refractivity contribution is 8.27. The maximum Gasteiger partial charge on any atom is 0.283 e. The van der Waals surface area contributed by atoms with Gasteiger partial charge in [-0.15, -0.1) is 0 Å². The number of amidine groups is 2. The van der Waals surface area contributed by atoms with Crippen LogP contribution in [0.15, 0.2) is 94.5 Å². The van der Waals surface area contributed by atoms with Crippen LogP contribution in [0, 0.1) is 12.3 Å². The van der Waals surface area contributed by atoms with E-state index in [9.17, 15) is 4.79 Å². The van der Waals surface area contributed by atoms with Crippen LogP contribution in [0.1, 0.15) is 35.3 Å². The molecule has 1 atom stereocenters. The molecule has 168 valence electrons. The van der Waals surface area contributed by atoms with E-state index < -0.39 is 5.91 Å². The standard InChI is InChI=1S/C27H22N4O2S/c1-17-8-12-21(13-9-17)26-30-31-24(28)23(25(32)29-27(31)34-26)16-19-10-14-22(15-11-19)33-18(2)20-6-4-3-5-7-20/h3-16,18,28H,1-2H3/b23-16-,28-24?. The van der Waals surface area contributed by atoms with E-state index in [2.05, 4.69) is 10.1 Å². The molecule has 0 spiro atoms. The molecule has 5 rings (SSSR count). The van der Waals surface area contributed by atoms with Crippen LogP contribution >= 0.6 is 11.8 Å². The molecule has 0 aromatic heterocycles. The Morgan fingerprint density at radius 2 is 1.71 bits per heavy atom. The normalized spacial score (nSPS) is 17.4. The smallest absolute Gasteiger partial charge is 0.283 e. The number of aliphatic imine (C=N–C) groups is 1. The Morgan fingerprint density at radius 3 is 2.41 bits per heavy atom. The van der Waals surface area contributed by atoms with Crippen LogP contribution in [0.25, 0.3) is 6.08 Å². The van der Waals surface area contributed by atoms with Gasteiger partial charge in [-0.2, -0.15) is 15.1 Å². The van der Waals surface area contributed by atoms with Crippen molar-refractivity contribution >= 4 is 39.8 Å². The van der Waals surface area contributed by atoms with Gasteiger partial charge in [0.1, 0.15) is 16.9 Å². The number of ether oxygens (including phenoxy) is 1. The van der Waals surface area contributed by atoms with Crippen molar-refractivity contribution in [2.45, 2.75) is 20.0 Å². The van der Waals surface area contributed by atoms with E-state index in [1.165, 1.54) is 16.8 Å². The number of aryl methyl sites for hydroxylation is 1. The number of amides is 1. The maximum atomic E-state index is 12.7. The van der Waals surface area contributed by atoms with Crippen LogP contribution in [0.4, 0.5) is 0 Å². The van der Waals surface area contributed by atoms with Crippen molar-refractivity contribution in [3.8, 4) is 5.75 Å². The molecule has 2 aliphatic rings. The monoisotopic (exact) mass is 466 g/mol. The molecular weight excluding hydrogens is 444 g/mol. The molecular formula is C27H22N4O2S. The number of hydrogen-bond donors (Lipinski definition) is 1. The minimum atomic E-state index is -0.442. The zero-order valence-electron chi connectivity index (χ0n) is 18.7. The molecule has 0 saturated carbocycles. The van der Waals surface area contributed by atoms with Crippen LogP contribution in [0.2, 0.25) is 0 Å². The molecule has 3 aromatic carbocycles. The Labute approximate surface area is 202 Å². The molecule has 0 saturated heterocycles. The molecule has 0 radical (unpaired) electrons. The van der Waals surface area contributed by atoms with Gasteiger partial charge in [-0.25, -0.2) is 0 Å². The Morgan fingerprint density at radius 1 is 1.00 bits per heavy atom. The van der Waals surface area contributed by atoms with E-state index in [1.807, 2.05) is 92.7 Å². The quantitative estimate of drug-likeness (QED) is 0.482. The third kappa shape index (κ3) is 4.43. The van der Waals surface area contributed by atoms with E-state index in [4.69, 9.17) is 10.1 Å². The summed E-state index contributed by atoms with van der Waals surface area (Å²) in [6, 6.07) is 25.4. The minimum absolute atomic E-state index is 0.0163. The molecule has 0 fully saturated rings. The largest absolute Gasteiger partial charge is 0.486 e. The third-order valence-electron chi connectivity index (χ3n) is 5.53. The van der Waals surface area contributed by atoms with Gasteiger partial charge >= 0.3 is 0 Å². The molecule has 0 aliphatic carbocycles. The fraction of sp³-hybridized carbons (Fsp3) is 0.111. The lowest BCUT2D eigenvalue weighted by Crippen LogP contribution is -2.35. The summed E-state index contributed by atoms with van der Waals surface area (Å²) >= 11 is 1.30. The van der Waals surface area contributed by atoms with Crippen molar-refractivity contribution in [2.75, 3.05) is 0 Å². The lowest BCUT2D eigenvalue weighted by molar-refractivity contribution is -0.114. The van der Waals surface area contributed by atoms with E-state index in [0.29, 0.717) is 10.2 Å². The Kier molecular flexibility index (Phi) is 5.86. The van der Waals surface area contributed by atoms with Gasteiger partial charge in [-0.05, 0) is 54.9 Å². The summed E-state index contributed by atoms with van der Waals surface area (Å²) in [6.07, 6.45) is 1.58. The number of nitrogens with one attached hydrogen (secondary N) is 1. The van der Waals surface area contributed by atoms with Crippen LogP contribution in [-0.4, -0.2) is 27.0 Å². The first-order valence-electron chi connectivity index (χ1n) is 10.9. The highest BCUT2D eigenvalue weighted by Crippen LogP contribution is 2.31. The summed E-state index contributed by atoms with van der Waals surface area (Å²) in [7, 11) is 0. The number of hydrogen-bond acceptors (Lipinski definition) is 5. The summed E-state index contributed by atoms with van der Waals surface area (Å²) < 4.78 is 6.03. The SMILES string of the molecule is Cc1ccc(C2=NN3C(=N)/C(=C/c4ccc(OC(C)c5ccccc5)cc4)C(=O)N=C3S2)cc1. The van der Waals surface area contributed by atoms with Gasteiger partial charge in [0.15, 0.2) is 5.84 Å². The molecule has 6 nitrogen and oxygen atoms in total. The fourth-order valence-electron chi connectivity index (χ4n) is 3.61. The Bertz CT molecular complexity index is 1340. The Hall–Kier alpha value is -3.97. The van der Waals surface area contributed by atoms with E-state index in [-0.39, 0.29) is 17.5 Å². The topological polar surface area (TPSA) is 78.1 Å². The molecule has 1 unspecified atom stereocenters. The van der Waals surface area contributed by atoms with Gasteiger partial charge in [0.05, 0.1) is 5.57 Å². The number of thioether (sulfide) groups is 1. The van der Waals surface area contributed by atoms with E-state index in [1.54, 1.807) is 6.08 Å². The number of benzene rings is 3. The number of nitrogens with zero attached hydrogens (tertiary/aromatic N) is 3. The highest BCUT2D eigenvalue weighted by atomic mass is 32.2. The van der Waals surface area contributed by atoms with Crippen molar-refractivity contribution in [3.63, 3.8) is 0 Å². The third-order valence-corrected chi connectivity index (χ3v) is 6.48. The predicted octanol–water partition coefficient (Wildman–Crippen LogP) is 5.80. The van der Waals surface area contributed by atoms with Crippen molar-refractivity contribution in [1.29, 1.82) is 5.41 Å². The van der Waals surface area contributed by atoms with E-state index in [0.717, 1.165) is 28.0 Å². The molecule has 7 heteroatoms. The van der Waals surface area contributed by atoms with E-state index >= 15 is 0 Å². The summed E-state index contributed by atoms with van der Waals surface area (Å²) in [5, 5.41) is 15.7. The number of fused-ring (bicyclic) bond motifs is 1. The molecule has 1 N–H and O–H groups in total. The number of carbonyl (C=O) groups excluding carboxylic acids is 1. The number of rotatable bonds is 5. The predicted molar refractivity (Wildman–Crippen MR) is 137 cm³/mol. The van der Waals surface area contributed by atoms with Gasteiger partial charge in [0.2, 0.25) is 5.17 Å². The van der Waals surface area contributed by atoms with Crippen LogP contribution < -0.4 is 4.74 Å². The van der Waals surface area contributed by atoms with Crippen molar-refractivity contribution in [2.24, 2.45) is 10.1 Å². The second-order valence-electron chi connectivity index (χ2n) is 8.03. The second kappa shape index (κ2) is 9.11. The molecule has 2 heterocycles. The van der Waals surface area contributed by atoms with Crippen molar-refractivity contribution in [1.82, 2.24) is 5.01 Å². The van der Waals surface area contributed by atoms with Crippen molar-refractivity contribution in [3.05, 3.63) is 107 Å². The van der Waals surface area contributed by atoms with Crippen LogP contribution in [0.5, 0.6) is 5.75 Å². The molecule has 34 heavy (non-hydrogen) atoms. The average molecular weight is 467 g/mol. The van der Waals surface area contributed by atoms with Gasteiger partial charge in [0.25, 0.3) is 5.91 Å². The average Bonchev–Trinajstić information content (AvgIpc) is 3.28. The summed E-state index contributed by atoms with van der Waals surface area (Å²) in [5.74, 6) is 0.303. The maximum absolute atomic E-state index is 12.7. The first-order chi connectivity index (χ1) is 16.5. The molecule has 2 aliphatic heterocycles. The van der Waals surface area contributed by atoms with Crippen LogP contribution in [-0.2, 0) is 4.79 Å². The summed E-state index contributed by atoms with van der Waals surface area (Å²) in [4.78, 5) is 16.9. The first kappa shape index (κ1) is 21.9. The Balaban J connectivity index is 1.33. The molecule has 0 bridgehead atoms. The zero-order chi connectivity index (χ0) is 23.7. The van der Waals surface area contributed by atoms with Crippen molar-refractivity contribution < 1.29 is 9.53 Å². The van der Waals surface area contributed by atoms with Crippen LogP contribution in [0.3, 0.4) is 0 Å². The highest BCUT2D eigenvalue weighted by Gasteiger charge is 2.36. The number of hydrazone groups is 1. The number of carbonyl (C=O) groups is 1. The lowest BCUT2D eigenvalue weighted by atomic mass is 10.1. The summed E-state index contributed by atoms with van der Waals surface area (Å²) in [6.45, 7) is 4.02. The molecule has 3 aromatic rings. The lowest BCUT2D eigenvalue weighted by Gasteiger charge is -2.20. The fourth-order valence-corrected chi connectivity index (χ4v) is 4.51. The zero-order valence-corrected chi connectivity index (χ0v) is 19.5. The first-order valence-corrected chi connectivity index (χ1v) is 11.7. The summed E-state index contributed by atoms with van der Waals surface area (Å²) in [5.41, 5.74) is 4.16.